The molecule has 104 valence electrons. The van der Waals surface area contributed by atoms with Crippen LogP contribution in [0.4, 0.5) is 5.69 Å². The molecule has 4 nitrogen and oxygen atoms in total. The molecule has 19 heavy (non-hydrogen) atoms. The fourth-order valence-electron chi connectivity index (χ4n) is 2.42. The van der Waals surface area contributed by atoms with Crippen LogP contribution in [0.3, 0.4) is 0 Å². The van der Waals surface area contributed by atoms with Gasteiger partial charge in [-0.3, -0.25) is 4.79 Å². The standard InChI is InChI=1S/C14H19BrN2O2/c1-3-12-14(19)16-6-7-17(12)13-5-4-10(9(2)18)8-11(13)15/h4-5,8-9,12,18H,3,6-7H2,1-2H3,(H,16,19)/t9-,12?/m1/s1. The smallest absolute Gasteiger partial charge is 0.242 e. The summed E-state index contributed by atoms with van der Waals surface area (Å²) in [5.74, 6) is 0.0836. The van der Waals surface area contributed by atoms with Gasteiger partial charge in [-0.1, -0.05) is 13.0 Å². The zero-order valence-corrected chi connectivity index (χ0v) is 12.8. The van der Waals surface area contributed by atoms with Crippen LogP contribution in [0.2, 0.25) is 0 Å². The van der Waals surface area contributed by atoms with E-state index < -0.39 is 6.10 Å². The molecule has 1 aliphatic rings. The molecule has 2 atom stereocenters. The molecule has 0 saturated carbocycles. The van der Waals surface area contributed by atoms with Gasteiger partial charge in [-0.15, -0.1) is 0 Å². The summed E-state index contributed by atoms with van der Waals surface area (Å²) in [7, 11) is 0. The van der Waals surface area contributed by atoms with E-state index in [1.165, 1.54) is 0 Å². The highest BCUT2D eigenvalue weighted by atomic mass is 79.9. The third kappa shape index (κ3) is 2.92. The molecular weight excluding hydrogens is 308 g/mol. The average molecular weight is 327 g/mol. The second kappa shape index (κ2) is 5.92. The Bertz CT molecular complexity index is 477. The van der Waals surface area contributed by atoms with E-state index in [4.69, 9.17) is 0 Å². The Morgan fingerprint density at radius 1 is 1.58 bits per heavy atom. The predicted octanol–water partition coefficient (Wildman–Crippen LogP) is 2.22. The number of aliphatic hydroxyl groups is 1. The van der Waals surface area contributed by atoms with Crippen molar-refractivity contribution in [1.82, 2.24) is 5.32 Å². The lowest BCUT2D eigenvalue weighted by Crippen LogP contribution is -2.55. The minimum atomic E-state index is -0.489. The van der Waals surface area contributed by atoms with Gasteiger partial charge in [-0.05, 0) is 47.0 Å². The van der Waals surface area contributed by atoms with Gasteiger partial charge in [0.2, 0.25) is 5.91 Å². The van der Waals surface area contributed by atoms with Crippen LogP contribution in [-0.2, 0) is 4.79 Å². The van der Waals surface area contributed by atoms with Gasteiger partial charge in [-0.2, -0.15) is 0 Å². The molecule has 1 fully saturated rings. The molecule has 0 radical (unpaired) electrons. The fraction of sp³-hybridized carbons (Fsp3) is 0.500. The summed E-state index contributed by atoms with van der Waals surface area (Å²) < 4.78 is 0.916. The van der Waals surface area contributed by atoms with Crippen molar-refractivity contribution >= 4 is 27.5 Å². The summed E-state index contributed by atoms with van der Waals surface area (Å²) in [5, 5.41) is 12.5. The lowest BCUT2D eigenvalue weighted by molar-refractivity contribution is -0.123. The average Bonchev–Trinajstić information content (AvgIpc) is 2.38. The van der Waals surface area contributed by atoms with Crippen LogP contribution in [-0.4, -0.2) is 30.1 Å². The molecule has 1 aromatic carbocycles. The molecule has 0 aromatic heterocycles. The number of nitrogens with zero attached hydrogens (tertiary/aromatic N) is 1. The summed E-state index contributed by atoms with van der Waals surface area (Å²) in [6, 6.07) is 5.67. The van der Waals surface area contributed by atoms with Crippen LogP contribution in [0.15, 0.2) is 22.7 Å². The van der Waals surface area contributed by atoms with E-state index in [1.54, 1.807) is 6.92 Å². The Kier molecular flexibility index (Phi) is 4.47. The first-order valence-corrected chi connectivity index (χ1v) is 7.35. The Hall–Kier alpha value is -1.07. The summed E-state index contributed by atoms with van der Waals surface area (Å²) in [6.07, 6.45) is 0.285. The molecule has 5 heteroatoms. The first kappa shape index (κ1) is 14.3. The first-order valence-electron chi connectivity index (χ1n) is 6.56. The maximum absolute atomic E-state index is 11.9. The van der Waals surface area contributed by atoms with Gasteiger partial charge < -0.3 is 15.3 Å². The van der Waals surface area contributed by atoms with E-state index in [0.717, 1.165) is 28.7 Å². The molecule has 1 aromatic rings. The Balaban J connectivity index is 2.32. The summed E-state index contributed by atoms with van der Waals surface area (Å²) in [6.45, 7) is 5.22. The number of carbonyl (C=O) groups excluding carboxylic acids is 1. The largest absolute Gasteiger partial charge is 0.389 e. The van der Waals surface area contributed by atoms with Gasteiger partial charge in [0, 0.05) is 17.6 Å². The quantitative estimate of drug-likeness (QED) is 0.895. The predicted molar refractivity (Wildman–Crippen MR) is 79.2 cm³/mol. The molecule has 1 amide bonds. The van der Waals surface area contributed by atoms with Crippen LogP contribution in [0.5, 0.6) is 0 Å². The minimum Gasteiger partial charge on any atom is -0.389 e. The van der Waals surface area contributed by atoms with Gasteiger partial charge in [0.05, 0.1) is 11.8 Å². The lowest BCUT2D eigenvalue weighted by atomic mass is 10.1. The summed E-state index contributed by atoms with van der Waals surface area (Å²) >= 11 is 3.54. The molecule has 0 spiro atoms. The Labute approximate surface area is 121 Å². The highest BCUT2D eigenvalue weighted by Crippen LogP contribution is 2.31. The maximum Gasteiger partial charge on any atom is 0.242 e. The third-order valence-electron chi connectivity index (χ3n) is 3.48. The van der Waals surface area contributed by atoms with Crippen LogP contribution in [0.1, 0.15) is 31.9 Å². The Morgan fingerprint density at radius 2 is 2.32 bits per heavy atom. The monoisotopic (exact) mass is 326 g/mol. The van der Waals surface area contributed by atoms with Crippen molar-refractivity contribution in [2.45, 2.75) is 32.4 Å². The van der Waals surface area contributed by atoms with E-state index in [2.05, 4.69) is 26.1 Å². The maximum atomic E-state index is 11.9. The number of anilines is 1. The van der Waals surface area contributed by atoms with Gasteiger partial charge in [0.25, 0.3) is 0 Å². The van der Waals surface area contributed by atoms with E-state index in [9.17, 15) is 9.90 Å². The van der Waals surface area contributed by atoms with E-state index in [0.29, 0.717) is 6.54 Å². The number of piperazine rings is 1. The van der Waals surface area contributed by atoms with Gasteiger partial charge in [0.1, 0.15) is 6.04 Å². The SMILES string of the molecule is CCC1C(=O)NCCN1c1ccc([C@@H](C)O)cc1Br. The highest BCUT2D eigenvalue weighted by Gasteiger charge is 2.29. The molecule has 2 N–H and O–H groups in total. The molecule has 1 aliphatic heterocycles. The number of hydrogen-bond donors (Lipinski definition) is 2. The lowest BCUT2D eigenvalue weighted by Gasteiger charge is -2.37. The number of nitrogens with one attached hydrogen (secondary N) is 1. The second-order valence-corrected chi connectivity index (χ2v) is 5.65. The summed E-state index contributed by atoms with van der Waals surface area (Å²) in [5.41, 5.74) is 1.87. The fourth-order valence-corrected chi connectivity index (χ4v) is 3.05. The highest BCUT2D eigenvalue weighted by molar-refractivity contribution is 9.10. The summed E-state index contributed by atoms with van der Waals surface area (Å²) in [4.78, 5) is 14.0. The normalized spacial score (nSPS) is 21.2. The topological polar surface area (TPSA) is 52.6 Å². The van der Waals surface area contributed by atoms with Gasteiger partial charge in [0.15, 0.2) is 0 Å². The van der Waals surface area contributed by atoms with Crippen molar-refractivity contribution in [2.75, 3.05) is 18.0 Å². The zero-order chi connectivity index (χ0) is 14.0. The van der Waals surface area contributed by atoms with Gasteiger partial charge >= 0.3 is 0 Å². The number of rotatable bonds is 3. The number of amides is 1. The van der Waals surface area contributed by atoms with Crippen molar-refractivity contribution in [3.63, 3.8) is 0 Å². The van der Waals surface area contributed by atoms with Crippen molar-refractivity contribution < 1.29 is 9.90 Å². The first-order chi connectivity index (χ1) is 9.04. The Morgan fingerprint density at radius 3 is 2.89 bits per heavy atom. The van der Waals surface area contributed by atoms with Crippen LogP contribution >= 0.6 is 15.9 Å². The number of benzene rings is 1. The molecule has 0 bridgehead atoms. The number of halogens is 1. The number of hydrogen-bond acceptors (Lipinski definition) is 3. The van der Waals surface area contributed by atoms with Crippen LogP contribution < -0.4 is 10.2 Å². The molecule has 0 aliphatic carbocycles. The van der Waals surface area contributed by atoms with E-state index in [-0.39, 0.29) is 11.9 Å². The molecule has 1 heterocycles. The van der Waals surface area contributed by atoms with Crippen molar-refractivity contribution in [2.24, 2.45) is 0 Å². The zero-order valence-electron chi connectivity index (χ0n) is 11.2. The van der Waals surface area contributed by atoms with Crippen LogP contribution in [0.25, 0.3) is 0 Å². The van der Waals surface area contributed by atoms with Crippen molar-refractivity contribution in [1.29, 1.82) is 0 Å². The second-order valence-electron chi connectivity index (χ2n) is 4.80. The van der Waals surface area contributed by atoms with E-state index >= 15 is 0 Å². The van der Waals surface area contributed by atoms with E-state index in [1.807, 2.05) is 25.1 Å². The molecular formula is C14H19BrN2O2. The molecule has 1 saturated heterocycles. The molecule has 2 rings (SSSR count). The minimum absolute atomic E-state index is 0.0836. The third-order valence-corrected chi connectivity index (χ3v) is 4.12. The number of aliphatic hydroxyl groups excluding tert-OH is 1. The molecule has 1 unspecified atom stereocenters. The van der Waals surface area contributed by atoms with Crippen molar-refractivity contribution in [3.05, 3.63) is 28.2 Å². The van der Waals surface area contributed by atoms with Gasteiger partial charge in [-0.25, -0.2) is 0 Å². The number of carbonyl (C=O) groups is 1. The van der Waals surface area contributed by atoms with Crippen LogP contribution in [0, 0.1) is 0 Å². The van der Waals surface area contributed by atoms with Crippen molar-refractivity contribution in [3.8, 4) is 0 Å².